The zero-order chi connectivity index (χ0) is 20.2. The largest absolute Gasteiger partial charge is 0.449 e. The van der Waals surface area contributed by atoms with Crippen molar-refractivity contribution >= 4 is 39.0 Å². The highest BCUT2D eigenvalue weighted by Crippen LogP contribution is 2.23. The third-order valence-electron chi connectivity index (χ3n) is 3.66. The molecule has 2 aromatic carbocycles. The number of esters is 1. The summed E-state index contributed by atoms with van der Waals surface area (Å²) >= 11 is 5.84. The van der Waals surface area contributed by atoms with Crippen LogP contribution in [0.15, 0.2) is 47.4 Å². The normalized spacial score (nSPS) is 12.3. The minimum atomic E-state index is -3.64. The molecule has 1 atom stereocenters. The zero-order valence-electron chi connectivity index (χ0n) is 14.5. The van der Waals surface area contributed by atoms with E-state index in [1.807, 2.05) is 0 Å². The predicted octanol–water partition coefficient (Wildman–Crippen LogP) is 3.46. The van der Waals surface area contributed by atoms with E-state index in [4.69, 9.17) is 16.3 Å². The van der Waals surface area contributed by atoms with Gasteiger partial charge in [-0.15, -0.1) is 0 Å². The van der Waals surface area contributed by atoms with Gasteiger partial charge in [0, 0.05) is 0 Å². The van der Waals surface area contributed by atoms with Gasteiger partial charge >= 0.3 is 5.97 Å². The van der Waals surface area contributed by atoms with E-state index in [-0.39, 0.29) is 26.9 Å². The lowest BCUT2D eigenvalue weighted by Crippen LogP contribution is -2.30. The van der Waals surface area contributed by atoms with E-state index in [0.717, 1.165) is 12.1 Å². The first-order chi connectivity index (χ1) is 12.7. The number of carbonyl (C=O) groups excluding carboxylic acids is 2. The Morgan fingerprint density at radius 1 is 1.22 bits per heavy atom. The van der Waals surface area contributed by atoms with Crippen molar-refractivity contribution in [2.45, 2.75) is 24.8 Å². The van der Waals surface area contributed by atoms with Gasteiger partial charge < -0.3 is 10.1 Å². The molecule has 0 aliphatic rings. The van der Waals surface area contributed by atoms with E-state index in [1.54, 1.807) is 0 Å². The Kier molecular flexibility index (Phi) is 6.56. The molecular formula is C18H17ClFNO5S. The van der Waals surface area contributed by atoms with Crippen molar-refractivity contribution in [3.05, 3.63) is 58.9 Å². The van der Waals surface area contributed by atoms with Gasteiger partial charge in [-0.05, 0) is 37.3 Å². The van der Waals surface area contributed by atoms with Gasteiger partial charge in [0.15, 0.2) is 15.9 Å². The zero-order valence-corrected chi connectivity index (χ0v) is 16.1. The standard InChI is InChI=1S/C18H17ClFNO5S/c1-3-27(24,25)16-7-5-4-6-13(16)18(23)26-11(2)17(22)21-15-9-8-12(20)10-14(15)19/h4-11H,3H2,1-2H3,(H,21,22)/t11-/m0/s1. The number of carbonyl (C=O) groups is 2. The maximum Gasteiger partial charge on any atom is 0.340 e. The first-order valence-electron chi connectivity index (χ1n) is 7.94. The highest BCUT2D eigenvalue weighted by atomic mass is 35.5. The van der Waals surface area contributed by atoms with E-state index in [1.165, 1.54) is 44.2 Å². The summed E-state index contributed by atoms with van der Waals surface area (Å²) < 4.78 is 42.4. The SMILES string of the molecule is CCS(=O)(=O)c1ccccc1C(=O)O[C@@H](C)C(=O)Nc1ccc(F)cc1Cl. The van der Waals surface area contributed by atoms with Crippen molar-refractivity contribution in [2.75, 3.05) is 11.1 Å². The Morgan fingerprint density at radius 3 is 2.52 bits per heavy atom. The van der Waals surface area contributed by atoms with Crippen molar-refractivity contribution < 1.29 is 27.1 Å². The van der Waals surface area contributed by atoms with Crippen LogP contribution in [0.4, 0.5) is 10.1 Å². The van der Waals surface area contributed by atoms with Crippen LogP contribution in [0.3, 0.4) is 0 Å². The number of halogens is 2. The van der Waals surface area contributed by atoms with Crippen molar-refractivity contribution in [3.63, 3.8) is 0 Å². The molecule has 27 heavy (non-hydrogen) atoms. The van der Waals surface area contributed by atoms with E-state index >= 15 is 0 Å². The van der Waals surface area contributed by atoms with Gasteiger partial charge in [-0.3, -0.25) is 4.79 Å². The van der Waals surface area contributed by atoms with Gasteiger partial charge in [-0.25, -0.2) is 17.6 Å². The summed E-state index contributed by atoms with van der Waals surface area (Å²) in [4.78, 5) is 24.4. The van der Waals surface area contributed by atoms with Gasteiger partial charge in [-0.1, -0.05) is 30.7 Å². The van der Waals surface area contributed by atoms with Crippen molar-refractivity contribution in [1.29, 1.82) is 0 Å². The molecule has 0 saturated heterocycles. The summed E-state index contributed by atoms with van der Waals surface area (Å²) in [5.74, 6) is -2.40. The second kappa shape index (κ2) is 8.49. The molecule has 0 heterocycles. The summed E-state index contributed by atoms with van der Waals surface area (Å²) in [5, 5.41) is 2.40. The first-order valence-corrected chi connectivity index (χ1v) is 9.97. The van der Waals surface area contributed by atoms with Crippen molar-refractivity contribution in [1.82, 2.24) is 0 Å². The summed E-state index contributed by atoms with van der Waals surface area (Å²) in [6.45, 7) is 2.78. The molecule has 6 nitrogen and oxygen atoms in total. The molecule has 144 valence electrons. The summed E-state index contributed by atoms with van der Waals surface area (Å²) in [6, 6.07) is 9.02. The first kappa shape index (κ1) is 20.9. The van der Waals surface area contributed by atoms with Gasteiger partial charge in [0.05, 0.1) is 26.9 Å². The molecule has 1 N–H and O–H groups in total. The molecule has 0 aliphatic heterocycles. The maximum absolute atomic E-state index is 13.1. The van der Waals surface area contributed by atoms with Crippen LogP contribution in [0.1, 0.15) is 24.2 Å². The molecule has 0 aromatic heterocycles. The second-order valence-electron chi connectivity index (χ2n) is 5.56. The van der Waals surface area contributed by atoms with Gasteiger partial charge in [0.2, 0.25) is 0 Å². The van der Waals surface area contributed by atoms with Gasteiger partial charge in [-0.2, -0.15) is 0 Å². The predicted molar refractivity (Wildman–Crippen MR) is 99.1 cm³/mol. The number of nitrogens with one attached hydrogen (secondary N) is 1. The van der Waals surface area contributed by atoms with Crippen LogP contribution in [-0.2, 0) is 19.4 Å². The maximum atomic E-state index is 13.1. The number of rotatable bonds is 6. The number of hydrogen-bond donors (Lipinski definition) is 1. The quantitative estimate of drug-likeness (QED) is 0.732. The minimum absolute atomic E-state index is 0.0127. The van der Waals surface area contributed by atoms with Crippen LogP contribution in [0, 0.1) is 5.82 Å². The van der Waals surface area contributed by atoms with E-state index in [2.05, 4.69) is 5.32 Å². The van der Waals surface area contributed by atoms with E-state index < -0.39 is 33.6 Å². The number of ether oxygens (including phenoxy) is 1. The van der Waals surface area contributed by atoms with Crippen LogP contribution in [0.2, 0.25) is 5.02 Å². The Hall–Kier alpha value is -2.45. The molecule has 0 unspecified atom stereocenters. The number of hydrogen-bond acceptors (Lipinski definition) is 5. The molecule has 0 aliphatic carbocycles. The van der Waals surface area contributed by atoms with Crippen LogP contribution in [-0.4, -0.2) is 32.2 Å². The van der Waals surface area contributed by atoms with Crippen LogP contribution in [0.25, 0.3) is 0 Å². The number of amides is 1. The molecule has 0 saturated carbocycles. The lowest BCUT2D eigenvalue weighted by atomic mass is 10.2. The monoisotopic (exact) mass is 413 g/mol. The minimum Gasteiger partial charge on any atom is -0.449 e. The molecule has 2 rings (SSSR count). The topological polar surface area (TPSA) is 89.5 Å². The molecule has 0 bridgehead atoms. The van der Waals surface area contributed by atoms with Crippen LogP contribution < -0.4 is 5.32 Å². The molecule has 2 aromatic rings. The molecular weight excluding hydrogens is 397 g/mol. The highest BCUT2D eigenvalue weighted by molar-refractivity contribution is 7.91. The highest BCUT2D eigenvalue weighted by Gasteiger charge is 2.25. The van der Waals surface area contributed by atoms with E-state index in [0.29, 0.717) is 0 Å². The van der Waals surface area contributed by atoms with Crippen LogP contribution >= 0.6 is 11.6 Å². The fourth-order valence-corrected chi connectivity index (χ4v) is 3.46. The average molecular weight is 414 g/mol. The molecule has 0 radical (unpaired) electrons. The average Bonchev–Trinajstić information content (AvgIpc) is 2.63. The van der Waals surface area contributed by atoms with E-state index in [9.17, 15) is 22.4 Å². The number of sulfone groups is 1. The number of benzene rings is 2. The van der Waals surface area contributed by atoms with Crippen molar-refractivity contribution in [3.8, 4) is 0 Å². The van der Waals surface area contributed by atoms with Gasteiger partial charge in [0.1, 0.15) is 5.82 Å². The number of anilines is 1. The Morgan fingerprint density at radius 2 is 1.89 bits per heavy atom. The Labute approximate surface area is 161 Å². The molecule has 0 fully saturated rings. The summed E-state index contributed by atoms with van der Waals surface area (Å²) in [7, 11) is -3.64. The molecule has 0 spiro atoms. The van der Waals surface area contributed by atoms with Gasteiger partial charge in [0.25, 0.3) is 5.91 Å². The Bertz CT molecular complexity index is 977. The fraction of sp³-hybridized carbons (Fsp3) is 0.222. The molecule has 1 amide bonds. The summed E-state index contributed by atoms with van der Waals surface area (Å²) in [6.07, 6.45) is -1.24. The smallest absolute Gasteiger partial charge is 0.340 e. The molecule has 9 heteroatoms. The van der Waals surface area contributed by atoms with Crippen molar-refractivity contribution in [2.24, 2.45) is 0 Å². The van der Waals surface area contributed by atoms with Crippen LogP contribution in [0.5, 0.6) is 0 Å². The lowest BCUT2D eigenvalue weighted by Gasteiger charge is -2.15. The fourth-order valence-electron chi connectivity index (χ4n) is 2.16. The lowest BCUT2D eigenvalue weighted by molar-refractivity contribution is -0.123. The third-order valence-corrected chi connectivity index (χ3v) is 5.76. The third kappa shape index (κ3) is 5.05. The Balaban J connectivity index is 2.15. The summed E-state index contributed by atoms with van der Waals surface area (Å²) in [5.41, 5.74) is -0.00117. The second-order valence-corrected chi connectivity index (χ2v) is 8.21.